The number of fused-ring (bicyclic) bond motifs is 1. The van der Waals surface area contributed by atoms with Gasteiger partial charge < -0.3 is 10.3 Å². The molecule has 3 nitrogen and oxygen atoms in total. The molecule has 0 atom stereocenters. The molecule has 0 saturated carbocycles. The first-order valence-electron chi connectivity index (χ1n) is 6.12. The summed E-state index contributed by atoms with van der Waals surface area (Å²) in [4.78, 5) is 4.46. The van der Waals surface area contributed by atoms with Crippen molar-refractivity contribution in [1.29, 1.82) is 0 Å². The highest BCUT2D eigenvalue weighted by Crippen LogP contribution is 2.29. The normalized spacial score (nSPS) is 11.6. The molecule has 0 unspecified atom stereocenters. The van der Waals surface area contributed by atoms with Gasteiger partial charge in [0.25, 0.3) is 0 Å². The van der Waals surface area contributed by atoms with Gasteiger partial charge >= 0.3 is 0 Å². The van der Waals surface area contributed by atoms with Crippen LogP contribution in [0.5, 0.6) is 0 Å². The second-order valence-corrected chi connectivity index (χ2v) is 4.52. The lowest BCUT2D eigenvalue weighted by molar-refractivity contribution is 0.309. The van der Waals surface area contributed by atoms with E-state index >= 15 is 0 Å². The third-order valence-electron chi connectivity index (χ3n) is 3.39. The lowest BCUT2D eigenvalue weighted by atomic mass is 9.90. The molecule has 0 aromatic carbocycles. The summed E-state index contributed by atoms with van der Waals surface area (Å²) < 4.78 is 2.16. The fourth-order valence-electron chi connectivity index (χ4n) is 2.43. The van der Waals surface area contributed by atoms with Crippen LogP contribution in [0.1, 0.15) is 12.8 Å². The summed E-state index contributed by atoms with van der Waals surface area (Å²) in [7, 11) is 0. The molecule has 0 aliphatic heterocycles. The van der Waals surface area contributed by atoms with E-state index in [-0.39, 0.29) is 5.54 Å². The van der Waals surface area contributed by atoms with Crippen molar-refractivity contribution in [2.45, 2.75) is 18.4 Å². The van der Waals surface area contributed by atoms with Crippen LogP contribution in [-0.2, 0) is 5.54 Å². The summed E-state index contributed by atoms with van der Waals surface area (Å²) in [6, 6.07) is 6.07. The fourth-order valence-corrected chi connectivity index (χ4v) is 2.43. The van der Waals surface area contributed by atoms with E-state index in [0.29, 0.717) is 6.54 Å². The quantitative estimate of drug-likeness (QED) is 0.790. The number of hydrogen-bond donors (Lipinski definition) is 1. The van der Waals surface area contributed by atoms with Gasteiger partial charge in [0.1, 0.15) is 5.65 Å². The van der Waals surface area contributed by atoms with E-state index in [1.807, 2.05) is 24.4 Å². The average molecular weight is 241 g/mol. The highest BCUT2D eigenvalue weighted by atomic mass is 15.1. The van der Waals surface area contributed by atoms with E-state index in [9.17, 15) is 0 Å². The van der Waals surface area contributed by atoms with Crippen LogP contribution in [0, 0.1) is 0 Å². The molecule has 0 aliphatic rings. The molecule has 2 N–H and O–H groups in total. The molecule has 0 saturated heterocycles. The van der Waals surface area contributed by atoms with E-state index in [4.69, 9.17) is 5.73 Å². The Balaban J connectivity index is 2.59. The standard InChI is InChI=1S/C15H19N3/c1-3-8-15(12-16,9-4-2)18-11-7-13-6-5-10-17-14(13)18/h3-7,10-11H,1-2,8-9,12,16H2. The zero-order valence-corrected chi connectivity index (χ0v) is 10.5. The van der Waals surface area contributed by atoms with Crippen molar-refractivity contribution in [1.82, 2.24) is 9.55 Å². The summed E-state index contributed by atoms with van der Waals surface area (Å²) >= 11 is 0. The van der Waals surface area contributed by atoms with Crippen LogP contribution in [0.15, 0.2) is 55.9 Å². The van der Waals surface area contributed by atoms with Gasteiger partial charge in [0.2, 0.25) is 0 Å². The van der Waals surface area contributed by atoms with Crippen LogP contribution in [0.3, 0.4) is 0 Å². The molecule has 2 aromatic rings. The summed E-state index contributed by atoms with van der Waals surface area (Å²) in [5.74, 6) is 0. The minimum absolute atomic E-state index is 0.209. The van der Waals surface area contributed by atoms with Crippen LogP contribution < -0.4 is 5.73 Å². The van der Waals surface area contributed by atoms with Crippen molar-refractivity contribution in [2.24, 2.45) is 5.73 Å². The Morgan fingerprint density at radius 2 is 2.00 bits per heavy atom. The molecule has 2 heterocycles. The lowest BCUT2D eigenvalue weighted by Crippen LogP contribution is -2.40. The van der Waals surface area contributed by atoms with Gasteiger partial charge in [-0.05, 0) is 31.0 Å². The maximum Gasteiger partial charge on any atom is 0.140 e. The van der Waals surface area contributed by atoms with E-state index in [1.165, 1.54) is 0 Å². The zero-order chi connectivity index (χ0) is 13.0. The SMILES string of the molecule is C=CCC(CN)(CC=C)n1ccc2cccnc21. The lowest BCUT2D eigenvalue weighted by Gasteiger charge is -2.33. The predicted octanol–water partition coefficient (Wildman–Crippen LogP) is 2.84. The van der Waals surface area contributed by atoms with E-state index < -0.39 is 0 Å². The second-order valence-electron chi connectivity index (χ2n) is 4.52. The zero-order valence-electron chi connectivity index (χ0n) is 10.5. The summed E-state index contributed by atoms with van der Waals surface area (Å²) in [6.45, 7) is 8.22. The van der Waals surface area contributed by atoms with Crippen LogP contribution >= 0.6 is 0 Å². The highest BCUT2D eigenvalue weighted by Gasteiger charge is 2.29. The van der Waals surface area contributed by atoms with Crippen LogP contribution in [0.4, 0.5) is 0 Å². The summed E-state index contributed by atoms with van der Waals surface area (Å²) in [5, 5.41) is 1.13. The Morgan fingerprint density at radius 3 is 2.61 bits per heavy atom. The van der Waals surface area contributed by atoms with Crippen molar-refractivity contribution in [3.05, 3.63) is 55.9 Å². The molecule has 0 aliphatic carbocycles. The van der Waals surface area contributed by atoms with Gasteiger partial charge in [-0.1, -0.05) is 12.2 Å². The monoisotopic (exact) mass is 241 g/mol. The minimum Gasteiger partial charge on any atom is -0.328 e. The highest BCUT2D eigenvalue weighted by molar-refractivity contribution is 5.76. The molecule has 3 heteroatoms. The molecule has 0 spiro atoms. The summed E-state index contributed by atoms with van der Waals surface area (Å²) in [5.41, 5.74) is 6.77. The summed E-state index contributed by atoms with van der Waals surface area (Å²) in [6.07, 6.45) is 9.28. The number of aromatic nitrogens is 2. The van der Waals surface area contributed by atoms with E-state index in [1.54, 1.807) is 0 Å². The smallest absolute Gasteiger partial charge is 0.140 e. The Morgan fingerprint density at radius 1 is 1.28 bits per heavy atom. The Kier molecular flexibility index (Phi) is 3.63. The fraction of sp³-hybridized carbons (Fsp3) is 0.267. The number of pyridine rings is 1. The maximum atomic E-state index is 6.02. The molecular weight excluding hydrogens is 222 g/mol. The second kappa shape index (κ2) is 5.19. The molecular formula is C15H19N3. The largest absolute Gasteiger partial charge is 0.328 e. The number of nitrogens with two attached hydrogens (primary N) is 1. The third-order valence-corrected chi connectivity index (χ3v) is 3.39. The molecule has 0 radical (unpaired) electrons. The van der Waals surface area contributed by atoms with Crippen LogP contribution in [-0.4, -0.2) is 16.1 Å². The number of hydrogen-bond acceptors (Lipinski definition) is 2. The number of nitrogens with zero attached hydrogens (tertiary/aromatic N) is 2. The van der Waals surface area contributed by atoms with Gasteiger partial charge in [0.15, 0.2) is 0 Å². The molecule has 94 valence electrons. The van der Waals surface area contributed by atoms with Crippen molar-refractivity contribution >= 4 is 11.0 Å². The van der Waals surface area contributed by atoms with Gasteiger partial charge in [-0.25, -0.2) is 4.98 Å². The average Bonchev–Trinajstić information content (AvgIpc) is 2.83. The van der Waals surface area contributed by atoms with Gasteiger partial charge in [-0.2, -0.15) is 0 Å². The Bertz CT molecular complexity index is 544. The van der Waals surface area contributed by atoms with E-state index in [2.05, 4.69) is 41.0 Å². The maximum absolute atomic E-state index is 6.02. The molecule has 0 bridgehead atoms. The van der Waals surface area contributed by atoms with Crippen molar-refractivity contribution in [3.8, 4) is 0 Å². The molecule has 0 amide bonds. The Labute approximate surface area is 108 Å². The molecule has 0 fully saturated rings. The number of rotatable bonds is 6. The van der Waals surface area contributed by atoms with Crippen LogP contribution in [0.25, 0.3) is 11.0 Å². The van der Waals surface area contributed by atoms with E-state index in [0.717, 1.165) is 23.9 Å². The van der Waals surface area contributed by atoms with Crippen LogP contribution in [0.2, 0.25) is 0 Å². The predicted molar refractivity (Wildman–Crippen MR) is 76.4 cm³/mol. The topological polar surface area (TPSA) is 43.8 Å². The van der Waals surface area contributed by atoms with Gasteiger partial charge in [0.05, 0.1) is 5.54 Å². The third kappa shape index (κ3) is 1.97. The Hall–Kier alpha value is -1.87. The van der Waals surface area contributed by atoms with Crippen molar-refractivity contribution in [3.63, 3.8) is 0 Å². The molecule has 18 heavy (non-hydrogen) atoms. The molecule has 2 rings (SSSR count). The van der Waals surface area contributed by atoms with Gasteiger partial charge in [-0.3, -0.25) is 0 Å². The van der Waals surface area contributed by atoms with Crippen molar-refractivity contribution < 1.29 is 0 Å². The van der Waals surface area contributed by atoms with Crippen molar-refractivity contribution in [2.75, 3.05) is 6.54 Å². The first kappa shape index (κ1) is 12.6. The first-order valence-corrected chi connectivity index (χ1v) is 6.12. The number of allylic oxidation sites excluding steroid dienone is 2. The molecule has 2 aromatic heterocycles. The minimum atomic E-state index is -0.209. The van der Waals surface area contributed by atoms with Gasteiger partial charge in [-0.15, -0.1) is 13.2 Å². The first-order chi connectivity index (χ1) is 8.77. The van der Waals surface area contributed by atoms with Gasteiger partial charge in [0, 0.05) is 24.3 Å².